The summed E-state index contributed by atoms with van der Waals surface area (Å²) in [5.74, 6) is 0.526. The molecular formula is C17H22ClNO2. The fourth-order valence-electron chi connectivity index (χ4n) is 3.41. The monoisotopic (exact) mass is 307 g/mol. The number of halogens is 1. The lowest BCUT2D eigenvalue weighted by Crippen LogP contribution is -2.39. The Kier molecular flexibility index (Phi) is 4.23. The maximum absolute atomic E-state index is 12.5. The summed E-state index contributed by atoms with van der Waals surface area (Å²) in [6.45, 7) is 0.679. The zero-order valence-electron chi connectivity index (χ0n) is 12.1. The van der Waals surface area contributed by atoms with Crippen molar-refractivity contribution in [2.75, 3.05) is 6.54 Å². The Hall–Kier alpha value is -1.06. The topological polar surface area (TPSA) is 49.3 Å². The van der Waals surface area contributed by atoms with Gasteiger partial charge in [0, 0.05) is 11.6 Å². The van der Waals surface area contributed by atoms with Gasteiger partial charge in [-0.25, -0.2) is 0 Å². The van der Waals surface area contributed by atoms with Crippen LogP contribution in [-0.4, -0.2) is 23.7 Å². The third-order valence-electron chi connectivity index (χ3n) is 4.87. The lowest BCUT2D eigenvalue weighted by Gasteiger charge is -2.26. The number of benzene rings is 1. The first-order valence-corrected chi connectivity index (χ1v) is 8.20. The Labute approximate surface area is 130 Å². The highest BCUT2D eigenvalue weighted by atomic mass is 35.5. The average Bonchev–Trinajstić information content (AvgIpc) is 3.26. The molecule has 0 bridgehead atoms. The summed E-state index contributed by atoms with van der Waals surface area (Å²) >= 11 is 6.04. The number of aliphatic hydroxyl groups excluding tert-OH is 1. The van der Waals surface area contributed by atoms with Crippen LogP contribution in [0.5, 0.6) is 0 Å². The summed E-state index contributed by atoms with van der Waals surface area (Å²) in [7, 11) is 0. The highest BCUT2D eigenvalue weighted by Gasteiger charge is 2.51. The van der Waals surface area contributed by atoms with E-state index in [0.717, 1.165) is 44.1 Å². The number of amides is 1. The summed E-state index contributed by atoms with van der Waals surface area (Å²) in [4.78, 5) is 12.5. The molecule has 0 radical (unpaired) electrons. The smallest absolute Gasteiger partial charge is 0.230 e. The van der Waals surface area contributed by atoms with Gasteiger partial charge in [-0.05, 0) is 55.7 Å². The maximum Gasteiger partial charge on any atom is 0.230 e. The van der Waals surface area contributed by atoms with E-state index < -0.39 is 0 Å². The number of carbonyl (C=O) groups excluding carboxylic acids is 1. The predicted molar refractivity (Wildman–Crippen MR) is 83.3 cm³/mol. The second-order valence-electron chi connectivity index (χ2n) is 6.49. The van der Waals surface area contributed by atoms with Crippen LogP contribution in [-0.2, 0) is 10.2 Å². The van der Waals surface area contributed by atoms with Crippen LogP contribution in [0, 0.1) is 5.92 Å². The first-order chi connectivity index (χ1) is 10.1. The van der Waals surface area contributed by atoms with Crippen molar-refractivity contribution < 1.29 is 9.90 Å². The molecule has 2 aliphatic carbocycles. The minimum atomic E-state index is -0.363. The van der Waals surface area contributed by atoms with Crippen LogP contribution < -0.4 is 5.32 Å². The van der Waals surface area contributed by atoms with Crippen LogP contribution in [0.3, 0.4) is 0 Å². The third-order valence-corrected chi connectivity index (χ3v) is 5.10. The lowest BCUT2D eigenvalue weighted by molar-refractivity contribution is -0.123. The van der Waals surface area contributed by atoms with E-state index in [2.05, 4.69) is 5.32 Å². The number of aliphatic hydroxyl groups is 1. The average molecular weight is 308 g/mol. The van der Waals surface area contributed by atoms with E-state index in [1.807, 2.05) is 24.3 Å². The van der Waals surface area contributed by atoms with Gasteiger partial charge in [0.15, 0.2) is 0 Å². The summed E-state index contributed by atoms with van der Waals surface area (Å²) in [6, 6.07) is 7.63. The molecule has 1 aromatic rings. The zero-order valence-corrected chi connectivity index (χ0v) is 12.9. The van der Waals surface area contributed by atoms with Crippen molar-refractivity contribution in [3.63, 3.8) is 0 Å². The molecule has 3 rings (SSSR count). The summed E-state index contributed by atoms with van der Waals surface area (Å²) in [5, 5.41) is 13.5. The SMILES string of the molecule is O=C(NCC1CCCC(O)C1)C1(c2cccc(Cl)c2)CC1. The summed E-state index contributed by atoms with van der Waals surface area (Å²) < 4.78 is 0. The molecule has 2 unspecified atom stereocenters. The summed E-state index contributed by atoms with van der Waals surface area (Å²) in [5.41, 5.74) is 0.661. The molecular weight excluding hydrogens is 286 g/mol. The predicted octanol–water partition coefficient (Wildman–Crippen LogP) is 3.04. The molecule has 1 aromatic carbocycles. The van der Waals surface area contributed by atoms with Gasteiger partial charge in [0.1, 0.15) is 0 Å². The van der Waals surface area contributed by atoms with Crippen molar-refractivity contribution in [3.8, 4) is 0 Å². The van der Waals surface area contributed by atoms with Crippen LogP contribution >= 0.6 is 11.6 Å². The molecule has 114 valence electrons. The molecule has 2 saturated carbocycles. The van der Waals surface area contributed by atoms with Crippen LogP contribution in [0.1, 0.15) is 44.1 Å². The van der Waals surface area contributed by atoms with Crippen LogP contribution in [0.25, 0.3) is 0 Å². The van der Waals surface area contributed by atoms with Gasteiger partial charge in [0.25, 0.3) is 0 Å². The van der Waals surface area contributed by atoms with E-state index in [9.17, 15) is 9.90 Å². The fourth-order valence-corrected chi connectivity index (χ4v) is 3.60. The number of rotatable bonds is 4. The van der Waals surface area contributed by atoms with Crippen LogP contribution in [0.15, 0.2) is 24.3 Å². The number of nitrogens with one attached hydrogen (secondary N) is 1. The molecule has 0 saturated heterocycles. The maximum atomic E-state index is 12.5. The molecule has 2 N–H and O–H groups in total. The van der Waals surface area contributed by atoms with Gasteiger partial charge in [-0.15, -0.1) is 0 Å². The minimum Gasteiger partial charge on any atom is -0.393 e. The fraction of sp³-hybridized carbons (Fsp3) is 0.588. The first-order valence-electron chi connectivity index (χ1n) is 7.82. The molecule has 2 fully saturated rings. The molecule has 2 atom stereocenters. The largest absolute Gasteiger partial charge is 0.393 e. The Balaban J connectivity index is 1.60. The Morgan fingerprint density at radius 2 is 2.19 bits per heavy atom. The van der Waals surface area contributed by atoms with E-state index >= 15 is 0 Å². The van der Waals surface area contributed by atoms with E-state index in [-0.39, 0.29) is 17.4 Å². The van der Waals surface area contributed by atoms with Gasteiger partial charge < -0.3 is 10.4 Å². The van der Waals surface area contributed by atoms with Gasteiger partial charge in [-0.1, -0.05) is 30.2 Å². The first kappa shape index (κ1) is 14.9. The quantitative estimate of drug-likeness (QED) is 0.898. The standard InChI is InChI=1S/C17H22ClNO2/c18-14-5-2-4-13(10-14)17(7-8-17)16(21)19-11-12-3-1-6-15(20)9-12/h2,4-5,10,12,15,20H,1,3,6-9,11H2,(H,19,21). The minimum absolute atomic E-state index is 0.116. The van der Waals surface area contributed by atoms with Crippen molar-refractivity contribution in [3.05, 3.63) is 34.9 Å². The van der Waals surface area contributed by atoms with Crippen LogP contribution in [0.4, 0.5) is 0 Å². The molecule has 3 nitrogen and oxygen atoms in total. The Morgan fingerprint density at radius 1 is 1.38 bits per heavy atom. The van der Waals surface area contributed by atoms with Gasteiger partial charge in [0.2, 0.25) is 5.91 Å². The molecule has 4 heteroatoms. The second-order valence-corrected chi connectivity index (χ2v) is 6.93. The normalized spacial score (nSPS) is 27.1. The van der Waals surface area contributed by atoms with Gasteiger partial charge in [-0.3, -0.25) is 4.79 Å². The van der Waals surface area contributed by atoms with E-state index in [1.54, 1.807) is 0 Å². The number of hydrogen-bond acceptors (Lipinski definition) is 2. The molecule has 0 heterocycles. The van der Waals surface area contributed by atoms with E-state index in [0.29, 0.717) is 17.5 Å². The highest BCUT2D eigenvalue weighted by molar-refractivity contribution is 6.30. The van der Waals surface area contributed by atoms with E-state index in [1.165, 1.54) is 0 Å². The zero-order chi connectivity index (χ0) is 14.9. The second kappa shape index (κ2) is 5.98. The molecule has 2 aliphatic rings. The Bertz CT molecular complexity index is 527. The summed E-state index contributed by atoms with van der Waals surface area (Å²) in [6.07, 6.45) is 5.46. The van der Waals surface area contributed by atoms with Crippen molar-refractivity contribution in [1.82, 2.24) is 5.32 Å². The lowest BCUT2D eigenvalue weighted by atomic mass is 9.87. The highest BCUT2D eigenvalue weighted by Crippen LogP contribution is 2.48. The van der Waals surface area contributed by atoms with Crippen molar-refractivity contribution in [2.45, 2.75) is 50.0 Å². The van der Waals surface area contributed by atoms with Gasteiger partial charge >= 0.3 is 0 Å². The molecule has 0 spiro atoms. The van der Waals surface area contributed by atoms with Gasteiger partial charge in [0.05, 0.1) is 11.5 Å². The third kappa shape index (κ3) is 3.24. The number of carbonyl (C=O) groups is 1. The molecule has 0 aromatic heterocycles. The van der Waals surface area contributed by atoms with Crippen LogP contribution in [0.2, 0.25) is 5.02 Å². The molecule has 1 amide bonds. The van der Waals surface area contributed by atoms with E-state index in [4.69, 9.17) is 11.6 Å². The Morgan fingerprint density at radius 3 is 2.86 bits per heavy atom. The van der Waals surface area contributed by atoms with Crippen molar-refractivity contribution >= 4 is 17.5 Å². The molecule has 0 aliphatic heterocycles. The van der Waals surface area contributed by atoms with Crippen molar-refractivity contribution in [1.29, 1.82) is 0 Å². The molecule has 21 heavy (non-hydrogen) atoms. The number of hydrogen-bond donors (Lipinski definition) is 2. The van der Waals surface area contributed by atoms with Crippen molar-refractivity contribution in [2.24, 2.45) is 5.92 Å². The van der Waals surface area contributed by atoms with Gasteiger partial charge in [-0.2, -0.15) is 0 Å².